The third-order valence-corrected chi connectivity index (χ3v) is 5.73. The zero-order valence-corrected chi connectivity index (χ0v) is 12.6. The van der Waals surface area contributed by atoms with Crippen molar-refractivity contribution in [1.29, 1.82) is 0 Å². The molecule has 1 aromatic rings. The van der Waals surface area contributed by atoms with Gasteiger partial charge in [0.15, 0.2) is 5.84 Å². The molecule has 0 spiro atoms. The number of nitrogens with one attached hydrogen (secondary N) is 1. The van der Waals surface area contributed by atoms with Crippen LogP contribution < -0.4 is 10.5 Å². The molecule has 1 unspecified atom stereocenters. The molecule has 0 amide bonds. The number of amidine groups is 1. The lowest BCUT2D eigenvalue weighted by atomic mass is 10.0. The van der Waals surface area contributed by atoms with Gasteiger partial charge in [-0.15, -0.1) is 0 Å². The Morgan fingerprint density at radius 1 is 1.24 bits per heavy atom. The van der Waals surface area contributed by atoms with E-state index < -0.39 is 21.3 Å². The first-order valence-corrected chi connectivity index (χ1v) is 8.62. The first-order valence-electron chi connectivity index (χ1n) is 7.08. The van der Waals surface area contributed by atoms with Crippen LogP contribution in [-0.4, -0.2) is 24.7 Å². The van der Waals surface area contributed by atoms with E-state index in [1.54, 1.807) is 24.3 Å². The normalized spacial score (nSPS) is 19.3. The minimum Gasteiger partial charge on any atom is -0.409 e. The number of benzene rings is 1. The Morgan fingerprint density at radius 2 is 1.86 bits per heavy atom. The molecule has 0 saturated heterocycles. The van der Waals surface area contributed by atoms with Gasteiger partial charge < -0.3 is 10.9 Å². The molecule has 0 aromatic heterocycles. The molecular weight excluding hydrogens is 290 g/mol. The summed E-state index contributed by atoms with van der Waals surface area (Å²) >= 11 is 0. The molecule has 0 bridgehead atoms. The summed E-state index contributed by atoms with van der Waals surface area (Å²) in [6, 6.07) is 8.02. The molecule has 0 radical (unpaired) electrons. The van der Waals surface area contributed by atoms with Crippen LogP contribution in [0.5, 0.6) is 0 Å². The summed E-state index contributed by atoms with van der Waals surface area (Å²) in [5.41, 5.74) is 6.30. The van der Waals surface area contributed by atoms with Gasteiger partial charge in [-0.05, 0) is 18.4 Å². The summed E-state index contributed by atoms with van der Waals surface area (Å²) in [7, 11) is -3.51. The number of sulfonamides is 1. The molecule has 1 atom stereocenters. The Balaban J connectivity index is 2.23. The maximum atomic E-state index is 12.5. The second kappa shape index (κ2) is 6.91. The molecule has 21 heavy (non-hydrogen) atoms. The molecule has 2 rings (SSSR count). The Hall–Kier alpha value is -1.60. The molecule has 0 aliphatic heterocycles. The van der Waals surface area contributed by atoms with Crippen LogP contribution in [0.3, 0.4) is 0 Å². The van der Waals surface area contributed by atoms with Gasteiger partial charge in [-0.2, -0.15) is 4.72 Å². The number of hydrogen-bond donors (Lipinski definition) is 3. The van der Waals surface area contributed by atoms with Gasteiger partial charge in [0.25, 0.3) is 0 Å². The maximum absolute atomic E-state index is 12.5. The zero-order valence-electron chi connectivity index (χ0n) is 11.8. The Kier molecular flexibility index (Phi) is 5.19. The van der Waals surface area contributed by atoms with Crippen LogP contribution in [0.25, 0.3) is 0 Å². The highest BCUT2D eigenvalue weighted by Gasteiger charge is 2.31. The summed E-state index contributed by atoms with van der Waals surface area (Å²) in [6.45, 7) is 0. The molecule has 1 saturated carbocycles. The average molecular weight is 311 g/mol. The summed E-state index contributed by atoms with van der Waals surface area (Å²) in [4.78, 5) is 0. The van der Waals surface area contributed by atoms with Crippen molar-refractivity contribution in [3.05, 3.63) is 35.9 Å². The van der Waals surface area contributed by atoms with Crippen LogP contribution in [0.15, 0.2) is 35.5 Å². The lowest BCUT2D eigenvalue weighted by Gasteiger charge is -2.25. The number of nitrogens with two attached hydrogens (primary N) is 1. The predicted molar refractivity (Wildman–Crippen MR) is 81.5 cm³/mol. The molecule has 6 nitrogen and oxygen atoms in total. The molecule has 1 aliphatic carbocycles. The van der Waals surface area contributed by atoms with Crippen molar-refractivity contribution in [2.24, 2.45) is 10.9 Å². The van der Waals surface area contributed by atoms with Crippen LogP contribution in [0.2, 0.25) is 0 Å². The van der Waals surface area contributed by atoms with Gasteiger partial charge in [0, 0.05) is 0 Å². The van der Waals surface area contributed by atoms with E-state index >= 15 is 0 Å². The van der Waals surface area contributed by atoms with Gasteiger partial charge in [-0.3, -0.25) is 0 Å². The lowest BCUT2D eigenvalue weighted by Crippen LogP contribution is -2.42. The summed E-state index contributed by atoms with van der Waals surface area (Å²) in [6.07, 6.45) is 4.24. The van der Waals surface area contributed by atoms with E-state index in [-0.39, 0.29) is 5.84 Å². The Morgan fingerprint density at radius 3 is 2.43 bits per heavy atom. The molecular formula is C14H21N3O3S. The largest absolute Gasteiger partial charge is 0.409 e. The molecule has 116 valence electrons. The van der Waals surface area contributed by atoms with Crippen molar-refractivity contribution in [1.82, 2.24) is 4.72 Å². The predicted octanol–water partition coefficient (Wildman–Crippen LogP) is 1.73. The first kappa shape index (κ1) is 15.8. The molecule has 7 heteroatoms. The minimum atomic E-state index is -3.51. The van der Waals surface area contributed by atoms with Crippen molar-refractivity contribution in [3.63, 3.8) is 0 Å². The Bertz CT molecular complexity index is 581. The summed E-state index contributed by atoms with van der Waals surface area (Å²) < 4.78 is 27.6. The quantitative estimate of drug-likeness (QED) is 0.333. The van der Waals surface area contributed by atoms with Crippen molar-refractivity contribution < 1.29 is 13.6 Å². The fourth-order valence-corrected chi connectivity index (χ4v) is 4.37. The van der Waals surface area contributed by atoms with E-state index in [0.29, 0.717) is 18.4 Å². The number of rotatable bonds is 5. The second-order valence-corrected chi connectivity index (χ2v) is 7.28. The van der Waals surface area contributed by atoms with Crippen molar-refractivity contribution >= 4 is 15.9 Å². The molecule has 1 fully saturated rings. The van der Waals surface area contributed by atoms with Crippen LogP contribution in [0.4, 0.5) is 0 Å². The van der Waals surface area contributed by atoms with Crippen LogP contribution in [-0.2, 0) is 10.0 Å². The van der Waals surface area contributed by atoms with E-state index in [2.05, 4.69) is 9.88 Å². The highest BCUT2D eigenvalue weighted by molar-refractivity contribution is 7.90. The van der Waals surface area contributed by atoms with Gasteiger partial charge >= 0.3 is 0 Å². The summed E-state index contributed by atoms with van der Waals surface area (Å²) in [5, 5.41) is 11.5. The van der Waals surface area contributed by atoms with E-state index in [0.717, 1.165) is 19.3 Å². The maximum Gasteiger partial charge on any atom is 0.215 e. The van der Waals surface area contributed by atoms with E-state index in [1.165, 1.54) is 0 Å². The van der Waals surface area contributed by atoms with E-state index in [1.807, 2.05) is 6.07 Å². The standard InChI is InChI=1S/C14H21N3O3S/c15-14(16-18)13(11-7-3-1-4-8-11)17-21(19,20)12-9-5-2-6-10-12/h1,3-4,7-8,12-13,17-18H,2,5-6,9-10H2,(H2,15,16). The van der Waals surface area contributed by atoms with E-state index in [4.69, 9.17) is 10.9 Å². The third kappa shape index (κ3) is 3.95. The number of hydrogen-bond acceptors (Lipinski definition) is 4. The zero-order chi connectivity index (χ0) is 15.3. The van der Waals surface area contributed by atoms with Crippen LogP contribution in [0, 0.1) is 0 Å². The third-order valence-electron chi connectivity index (χ3n) is 3.82. The fraction of sp³-hybridized carbons (Fsp3) is 0.500. The van der Waals surface area contributed by atoms with E-state index in [9.17, 15) is 8.42 Å². The fourth-order valence-electron chi connectivity index (χ4n) is 2.64. The van der Waals surface area contributed by atoms with Crippen LogP contribution >= 0.6 is 0 Å². The molecule has 1 aromatic carbocycles. The van der Waals surface area contributed by atoms with Gasteiger partial charge in [0.1, 0.15) is 6.04 Å². The number of nitrogens with zero attached hydrogens (tertiary/aromatic N) is 1. The lowest BCUT2D eigenvalue weighted by molar-refractivity contribution is 0.315. The monoisotopic (exact) mass is 311 g/mol. The van der Waals surface area contributed by atoms with Crippen molar-refractivity contribution in [2.75, 3.05) is 0 Å². The minimum absolute atomic E-state index is 0.166. The SMILES string of the molecule is N/C(=N\O)C(NS(=O)(=O)C1CCCCC1)c1ccccc1. The molecule has 0 heterocycles. The topological polar surface area (TPSA) is 105 Å². The average Bonchev–Trinajstić information content (AvgIpc) is 2.53. The highest BCUT2D eigenvalue weighted by Crippen LogP contribution is 2.25. The smallest absolute Gasteiger partial charge is 0.215 e. The second-order valence-electron chi connectivity index (χ2n) is 5.29. The van der Waals surface area contributed by atoms with Crippen LogP contribution in [0.1, 0.15) is 43.7 Å². The number of oxime groups is 1. The van der Waals surface area contributed by atoms with Crippen molar-refractivity contribution in [3.8, 4) is 0 Å². The molecule has 1 aliphatic rings. The first-order chi connectivity index (χ1) is 10.0. The summed E-state index contributed by atoms with van der Waals surface area (Å²) in [5.74, 6) is -0.166. The van der Waals surface area contributed by atoms with Gasteiger partial charge in [0.05, 0.1) is 5.25 Å². The van der Waals surface area contributed by atoms with Gasteiger partial charge in [0.2, 0.25) is 10.0 Å². The Labute approximate surface area is 125 Å². The van der Waals surface area contributed by atoms with Gasteiger partial charge in [-0.25, -0.2) is 8.42 Å². The highest BCUT2D eigenvalue weighted by atomic mass is 32.2. The van der Waals surface area contributed by atoms with Gasteiger partial charge in [-0.1, -0.05) is 54.8 Å². The van der Waals surface area contributed by atoms with Crippen molar-refractivity contribution in [2.45, 2.75) is 43.4 Å². The molecule has 4 N–H and O–H groups in total.